The van der Waals surface area contributed by atoms with Gasteiger partial charge in [0.1, 0.15) is 10.6 Å². The average molecular weight is 314 g/mol. The second-order valence-corrected chi connectivity index (χ2v) is 5.84. The Morgan fingerprint density at radius 1 is 1.38 bits per heavy atom. The molecule has 1 fully saturated rings. The molecule has 0 aromatic carbocycles. The number of nitrogens with zero attached hydrogens (tertiary/aromatic N) is 1. The van der Waals surface area contributed by atoms with Gasteiger partial charge < -0.3 is 25.6 Å². The van der Waals surface area contributed by atoms with Gasteiger partial charge in [0.15, 0.2) is 5.78 Å². The summed E-state index contributed by atoms with van der Waals surface area (Å²) in [5.74, 6) is -0.848. The van der Waals surface area contributed by atoms with Crippen molar-refractivity contribution in [3.05, 3.63) is 10.4 Å². The number of nitrogen functional groups attached to an aromatic ring is 1. The fraction of sp³-hybridized carbons (Fsp3) is 0.538. The Kier molecular flexibility index (Phi) is 4.50. The third-order valence-electron chi connectivity index (χ3n) is 3.27. The minimum absolute atomic E-state index is 0.0943. The zero-order valence-corrected chi connectivity index (χ0v) is 12.6. The Labute approximate surface area is 125 Å². The summed E-state index contributed by atoms with van der Waals surface area (Å²) < 4.78 is 4.98. The van der Waals surface area contributed by atoms with Gasteiger partial charge in [0.05, 0.1) is 29.4 Å². The zero-order valence-electron chi connectivity index (χ0n) is 11.8. The van der Waals surface area contributed by atoms with Gasteiger partial charge in [-0.1, -0.05) is 0 Å². The smallest absolute Gasteiger partial charge is 0.343 e. The number of aliphatic hydroxyl groups excluding tert-OH is 2. The van der Waals surface area contributed by atoms with Crippen molar-refractivity contribution in [2.45, 2.75) is 26.1 Å². The van der Waals surface area contributed by atoms with Gasteiger partial charge in [0.25, 0.3) is 0 Å². The summed E-state index contributed by atoms with van der Waals surface area (Å²) in [7, 11) is 0. The maximum absolute atomic E-state index is 12.1. The van der Waals surface area contributed by atoms with E-state index in [2.05, 4.69) is 0 Å². The number of rotatable bonds is 4. The van der Waals surface area contributed by atoms with Crippen molar-refractivity contribution in [3.8, 4) is 0 Å². The van der Waals surface area contributed by atoms with Crippen LogP contribution in [0.25, 0.3) is 0 Å². The van der Waals surface area contributed by atoms with Crippen LogP contribution in [0.1, 0.15) is 33.9 Å². The lowest BCUT2D eigenvalue weighted by Crippen LogP contribution is -2.22. The summed E-state index contributed by atoms with van der Waals surface area (Å²) in [5.41, 5.74) is 6.14. The molecule has 1 aromatic heterocycles. The lowest BCUT2D eigenvalue weighted by atomic mass is 10.2. The van der Waals surface area contributed by atoms with Crippen LogP contribution >= 0.6 is 11.3 Å². The first-order valence-electron chi connectivity index (χ1n) is 6.58. The fourth-order valence-electron chi connectivity index (χ4n) is 2.25. The van der Waals surface area contributed by atoms with Gasteiger partial charge >= 0.3 is 5.97 Å². The molecule has 1 aliphatic heterocycles. The number of esters is 1. The molecule has 2 rings (SSSR count). The first kappa shape index (κ1) is 15.7. The number of anilines is 2. The van der Waals surface area contributed by atoms with Crippen LogP contribution in [0.15, 0.2) is 0 Å². The van der Waals surface area contributed by atoms with Gasteiger partial charge in [-0.05, 0) is 6.92 Å². The third kappa shape index (κ3) is 2.87. The highest BCUT2D eigenvalue weighted by atomic mass is 32.1. The van der Waals surface area contributed by atoms with Crippen LogP contribution in [0.2, 0.25) is 0 Å². The molecule has 2 heterocycles. The molecule has 8 heteroatoms. The number of nitrogens with two attached hydrogens (primary N) is 1. The molecule has 2 unspecified atom stereocenters. The molecule has 1 saturated heterocycles. The van der Waals surface area contributed by atoms with E-state index in [0.717, 1.165) is 11.3 Å². The number of thiophene rings is 1. The van der Waals surface area contributed by atoms with Gasteiger partial charge in [0.2, 0.25) is 0 Å². The summed E-state index contributed by atoms with van der Waals surface area (Å²) in [4.78, 5) is 25.6. The molecule has 21 heavy (non-hydrogen) atoms. The third-order valence-corrected chi connectivity index (χ3v) is 4.64. The van der Waals surface area contributed by atoms with Crippen LogP contribution in [-0.4, -0.2) is 53.9 Å². The molecule has 116 valence electrons. The van der Waals surface area contributed by atoms with Gasteiger partial charge in [-0.15, -0.1) is 11.3 Å². The van der Waals surface area contributed by atoms with Crippen molar-refractivity contribution in [1.29, 1.82) is 0 Å². The Balaban J connectivity index is 2.46. The summed E-state index contributed by atoms with van der Waals surface area (Å²) in [6, 6.07) is 0. The average Bonchev–Trinajstić information content (AvgIpc) is 2.91. The second kappa shape index (κ2) is 6.00. The summed E-state index contributed by atoms with van der Waals surface area (Å²) in [5, 5.41) is 19.7. The molecule has 0 amide bonds. The first-order chi connectivity index (χ1) is 9.86. The predicted octanol–water partition coefficient (Wildman–Crippen LogP) is 0.251. The second-order valence-electron chi connectivity index (χ2n) is 4.84. The van der Waals surface area contributed by atoms with E-state index in [9.17, 15) is 19.8 Å². The van der Waals surface area contributed by atoms with Crippen molar-refractivity contribution in [3.63, 3.8) is 0 Å². The number of carbonyl (C=O) groups excluding carboxylic acids is 2. The van der Waals surface area contributed by atoms with Crippen molar-refractivity contribution >= 4 is 33.8 Å². The van der Waals surface area contributed by atoms with Crippen LogP contribution in [0.5, 0.6) is 0 Å². The maximum atomic E-state index is 12.1. The Hall–Kier alpha value is -1.64. The van der Waals surface area contributed by atoms with Gasteiger partial charge in [-0.2, -0.15) is 0 Å². The molecule has 1 aliphatic rings. The van der Waals surface area contributed by atoms with Crippen LogP contribution in [0, 0.1) is 0 Å². The van der Waals surface area contributed by atoms with E-state index in [4.69, 9.17) is 10.5 Å². The number of aliphatic hydroxyl groups is 2. The fourth-order valence-corrected chi connectivity index (χ4v) is 3.37. The van der Waals surface area contributed by atoms with Gasteiger partial charge in [-0.25, -0.2) is 4.79 Å². The first-order valence-corrected chi connectivity index (χ1v) is 7.39. The molecule has 2 atom stereocenters. The molecule has 1 aromatic rings. The van der Waals surface area contributed by atoms with Crippen molar-refractivity contribution in [2.75, 3.05) is 30.3 Å². The summed E-state index contributed by atoms with van der Waals surface area (Å²) in [6.07, 6.45) is -1.80. The standard InChI is InChI=1S/C13H18N2O5S/c1-3-20-13(19)9-10(14)11(6(2)16)21-12(9)15-4-7(17)8(18)5-15/h7-8,17-18H,3-5,14H2,1-2H3. The highest BCUT2D eigenvalue weighted by Crippen LogP contribution is 2.40. The lowest BCUT2D eigenvalue weighted by molar-refractivity contribution is 0.0528. The number of hydrogen-bond donors (Lipinski definition) is 3. The number of ketones is 1. The molecule has 0 bridgehead atoms. The lowest BCUT2D eigenvalue weighted by Gasteiger charge is -2.17. The van der Waals surface area contributed by atoms with Gasteiger partial charge in [-0.3, -0.25) is 4.79 Å². The normalized spacial score (nSPS) is 21.6. The number of β-amino-alcohol motifs (C(OH)–C–C–N with tert-alkyl or cyclic N) is 2. The number of hydrogen-bond acceptors (Lipinski definition) is 8. The molecule has 0 radical (unpaired) electrons. The quantitative estimate of drug-likeness (QED) is 0.539. The SMILES string of the molecule is CCOC(=O)c1c(N2CC(O)C(O)C2)sc(C(C)=O)c1N. The molecule has 4 N–H and O–H groups in total. The Morgan fingerprint density at radius 2 is 1.95 bits per heavy atom. The molecule has 0 spiro atoms. The van der Waals surface area contributed by atoms with Crippen LogP contribution in [-0.2, 0) is 4.74 Å². The minimum atomic E-state index is -0.899. The van der Waals surface area contributed by atoms with E-state index in [1.165, 1.54) is 6.92 Å². The Bertz CT molecular complexity index is 561. The van der Waals surface area contributed by atoms with Crippen molar-refractivity contribution in [1.82, 2.24) is 0 Å². The number of ether oxygens (including phenoxy) is 1. The number of Topliss-reactive ketones (excluding diaryl/α,β-unsaturated/α-hetero) is 1. The van der Waals surface area contributed by atoms with E-state index in [0.29, 0.717) is 5.00 Å². The minimum Gasteiger partial charge on any atom is -0.462 e. The molecule has 0 aliphatic carbocycles. The monoisotopic (exact) mass is 314 g/mol. The molecular weight excluding hydrogens is 296 g/mol. The summed E-state index contributed by atoms with van der Waals surface area (Å²) in [6.45, 7) is 3.58. The topological polar surface area (TPSA) is 113 Å². The van der Waals surface area contributed by atoms with E-state index in [1.807, 2.05) is 0 Å². The van der Waals surface area contributed by atoms with Crippen molar-refractivity contribution < 1.29 is 24.5 Å². The van der Waals surface area contributed by atoms with Crippen LogP contribution in [0.3, 0.4) is 0 Å². The van der Waals surface area contributed by atoms with Crippen LogP contribution < -0.4 is 10.6 Å². The van der Waals surface area contributed by atoms with Crippen LogP contribution in [0.4, 0.5) is 10.7 Å². The molecule has 0 saturated carbocycles. The zero-order chi connectivity index (χ0) is 15.7. The molecule has 7 nitrogen and oxygen atoms in total. The van der Waals surface area contributed by atoms with E-state index < -0.39 is 18.2 Å². The van der Waals surface area contributed by atoms with Gasteiger partial charge in [0, 0.05) is 20.0 Å². The number of carbonyl (C=O) groups is 2. The van der Waals surface area contributed by atoms with E-state index in [1.54, 1.807) is 11.8 Å². The predicted molar refractivity (Wildman–Crippen MR) is 78.9 cm³/mol. The highest BCUT2D eigenvalue weighted by Gasteiger charge is 2.35. The summed E-state index contributed by atoms with van der Waals surface area (Å²) >= 11 is 1.08. The highest BCUT2D eigenvalue weighted by molar-refractivity contribution is 7.19. The van der Waals surface area contributed by atoms with Crippen molar-refractivity contribution in [2.24, 2.45) is 0 Å². The Morgan fingerprint density at radius 3 is 2.43 bits per heavy atom. The largest absolute Gasteiger partial charge is 0.462 e. The maximum Gasteiger partial charge on any atom is 0.343 e. The van der Waals surface area contributed by atoms with E-state index in [-0.39, 0.29) is 41.6 Å². The van der Waals surface area contributed by atoms with E-state index >= 15 is 0 Å². The molecular formula is C13H18N2O5S.